The summed E-state index contributed by atoms with van der Waals surface area (Å²) in [5.74, 6) is -0.251. The molecule has 0 spiro atoms. The third-order valence-electron chi connectivity index (χ3n) is 5.55. The summed E-state index contributed by atoms with van der Waals surface area (Å²) in [6, 6.07) is 14.2. The van der Waals surface area contributed by atoms with Crippen LogP contribution in [0.4, 0.5) is 0 Å². The Hall–Kier alpha value is -4.00. The monoisotopic (exact) mass is 427 g/mol. The van der Waals surface area contributed by atoms with Crippen LogP contribution in [0.15, 0.2) is 55.0 Å². The van der Waals surface area contributed by atoms with Gasteiger partial charge in [-0.05, 0) is 42.7 Å². The third kappa shape index (κ3) is 4.37. The quantitative estimate of drug-likeness (QED) is 0.436. The molecule has 2 amide bonds. The lowest BCUT2D eigenvalue weighted by molar-refractivity contribution is -0.119. The highest BCUT2D eigenvalue weighted by atomic mass is 16.2. The number of nitrogens with zero attached hydrogens (tertiary/aromatic N) is 2. The van der Waals surface area contributed by atoms with Gasteiger partial charge < -0.3 is 15.6 Å². The maximum Gasteiger partial charge on any atom is 0.254 e. The molecule has 0 saturated carbocycles. The summed E-state index contributed by atoms with van der Waals surface area (Å²) < 4.78 is 0. The second kappa shape index (κ2) is 9.01. The maximum atomic E-state index is 12.5. The molecule has 2 heterocycles. The number of hydrogen-bond acceptors (Lipinski definition) is 4. The molecule has 2 aromatic heterocycles. The number of hydrogen-bond donors (Lipinski definition) is 3. The molecule has 0 bridgehead atoms. The summed E-state index contributed by atoms with van der Waals surface area (Å²) in [4.78, 5) is 35.4. The fraction of sp³-hybridized carbons (Fsp3) is 0.200. The molecule has 0 unspecified atom stereocenters. The molecular formula is C25H25N5O2. The van der Waals surface area contributed by atoms with E-state index in [1.165, 1.54) is 19.4 Å². The Bertz CT molecular complexity index is 1310. The lowest BCUT2D eigenvalue weighted by Gasteiger charge is -2.10. The van der Waals surface area contributed by atoms with Gasteiger partial charge in [0, 0.05) is 48.4 Å². The van der Waals surface area contributed by atoms with Gasteiger partial charge in [0.2, 0.25) is 5.91 Å². The topological polar surface area (TPSA) is 99.8 Å². The van der Waals surface area contributed by atoms with Gasteiger partial charge in [0.25, 0.3) is 5.91 Å². The number of benzene rings is 2. The third-order valence-corrected chi connectivity index (χ3v) is 5.55. The van der Waals surface area contributed by atoms with Gasteiger partial charge in [-0.15, -0.1) is 0 Å². The summed E-state index contributed by atoms with van der Waals surface area (Å²) in [5, 5.41) is 6.92. The number of H-pyrrole nitrogens is 1. The molecule has 4 aromatic rings. The van der Waals surface area contributed by atoms with E-state index in [4.69, 9.17) is 0 Å². The smallest absolute Gasteiger partial charge is 0.254 e. The number of carbonyl (C=O) groups excluding carboxylic acids is 2. The van der Waals surface area contributed by atoms with Crippen LogP contribution in [0.3, 0.4) is 0 Å². The zero-order chi connectivity index (χ0) is 22.7. The first-order valence-electron chi connectivity index (χ1n) is 10.4. The molecule has 0 aliphatic carbocycles. The van der Waals surface area contributed by atoms with Crippen molar-refractivity contribution in [3.8, 4) is 11.3 Å². The van der Waals surface area contributed by atoms with Gasteiger partial charge in [0.05, 0.1) is 11.3 Å². The number of carbonyl (C=O) groups is 2. The molecule has 0 saturated heterocycles. The van der Waals surface area contributed by atoms with Crippen LogP contribution in [-0.4, -0.2) is 26.8 Å². The number of rotatable bonds is 6. The molecule has 7 heteroatoms. The lowest BCUT2D eigenvalue weighted by atomic mass is 10.0. The zero-order valence-corrected chi connectivity index (χ0v) is 18.3. The normalized spacial score (nSPS) is 10.8. The van der Waals surface area contributed by atoms with Crippen LogP contribution in [0, 0.1) is 13.8 Å². The largest absolute Gasteiger partial charge is 0.354 e. The molecule has 0 atom stereocenters. The number of aryl methyl sites for hydroxylation is 2. The standard InChI is InChI=1S/C25H25N5O2/c1-15-21-10-18(11-28-25(32)22-13-26-14-29-16(22)2)8-9-23(21)30-24(15)20-7-5-4-6-19(20)12-27-17(3)31/h4-10,13-14,30H,11-12H2,1-3H3,(H,27,31)(H,28,32). The minimum atomic E-state index is -0.193. The van der Waals surface area contributed by atoms with E-state index in [9.17, 15) is 9.59 Å². The summed E-state index contributed by atoms with van der Waals surface area (Å²) in [6.07, 6.45) is 2.96. The van der Waals surface area contributed by atoms with Gasteiger partial charge in [-0.1, -0.05) is 30.3 Å². The average molecular weight is 428 g/mol. The average Bonchev–Trinajstić information content (AvgIpc) is 3.12. The fourth-order valence-electron chi connectivity index (χ4n) is 3.78. The molecule has 0 fully saturated rings. The second-order valence-corrected chi connectivity index (χ2v) is 7.78. The van der Waals surface area contributed by atoms with Crippen molar-refractivity contribution in [2.24, 2.45) is 0 Å². The molecule has 0 aliphatic heterocycles. The summed E-state index contributed by atoms with van der Waals surface area (Å²) in [6.45, 7) is 6.26. The van der Waals surface area contributed by atoms with Crippen molar-refractivity contribution in [3.05, 3.63) is 82.9 Å². The Labute approximate surface area is 186 Å². The van der Waals surface area contributed by atoms with Crippen LogP contribution in [0.1, 0.15) is 39.7 Å². The first-order valence-corrected chi connectivity index (χ1v) is 10.4. The number of amides is 2. The molecule has 0 radical (unpaired) electrons. The second-order valence-electron chi connectivity index (χ2n) is 7.78. The first kappa shape index (κ1) is 21.2. The van der Waals surface area contributed by atoms with Gasteiger partial charge >= 0.3 is 0 Å². The molecule has 2 aromatic carbocycles. The summed E-state index contributed by atoms with van der Waals surface area (Å²) >= 11 is 0. The van der Waals surface area contributed by atoms with Crippen molar-refractivity contribution in [2.45, 2.75) is 33.9 Å². The SMILES string of the molecule is CC(=O)NCc1ccccc1-c1[nH]c2ccc(CNC(=O)c3cncnc3C)cc2c1C. The van der Waals surface area contributed by atoms with Gasteiger partial charge in [0.1, 0.15) is 6.33 Å². The summed E-state index contributed by atoms with van der Waals surface area (Å²) in [7, 11) is 0. The van der Waals surface area contributed by atoms with Crippen LogP contribution < -0.4 is 10.6 Å². The van der Waals surface area contributed by atoms with Crippen LogP contribution >= 0.6 is 0 Å². The molecule has 4 rings (SSSR count). The highest BCUT2D eigenvalue weighted by molar-refractivity contribution is 5.95. The van der Waals surface area contributed by atoms with Crippen molar-refractivity contribution in [3.63, 3.8) is 0 Å². The van der Waals surface area contributed by atoms with Crippen molar-refractivity contribution < 1.29 is 9.59 Å². The van der Waals surface area contributed by atoms with Crippen LogP contribution in [0.2, 0.25) is 0 Å². The molecule has 162 valence electrons. The van der Waals surface area contributed by atoms with E-state index in [2.05, 4.69) is 44.6 Å². The molecule has 7 nitrogen and oxygen atoms in total. The first-order chi connectivity index (χ1) is 15.4. The van der Waals surface area contributed by atoms with E-state index in [0.29, 0.717) is 24.3 Å². The predicted octanol–water partition coefficient (Wildman–Crippen LogP) is 3.81. The Kier molecular flexibility index (Phi) is 5.98. The fourth-order valence-corrected chi connectivity index (χ4v) is 3.78. The minimum absolute atomic E-state index is 0.0582. The molecular weight excluding hydrogens is 402 g/mol. The van der Waals surface area contributed by atoms with Crippen molar-refractivity contribution in [1.82, 2.24) is 25.6 Å². The highest BCUT2D eigenvalue weighted by Crippen LogP contribution is 2.32. The highest BCUT2D eigenvalue weighted by Gasteiger charge is 2.14. The van der Waals surface area contributed by atoms with Crippen LogP contribution in [0.25, 0.3) is 22.2 Å². The van der Waals surface area contributed by atoms with Gasteiger partial charge in [-0.2, -0.15) is 0 Å². The van der Waals surface area contributed by atoms with Gasteiger partial charge in [0.15, 0.2) is 0 Å². The van der Waals surface area contributed by atoms with E-state index in [0.717, 1.165) is 38.9 Å². The number of aromatic amines is 1. The Morgan fingerprint density at radius 2 is 1.84 bits per heavy atom. The van der Waals surface area contributed by atoms with Crippen LogP contribution in [0.5, 0.6) is 0 Å². The van der Waals surface area contributed by atoms with Crippen molar-refractivity contribution in [2.75, 3.05) is 0 Å². The Balaban J connectivity index is 1.59. The van der Waals surface area contributed by atoms with E-state index in [1.807, 2.05) is 30.3 Å². The number of aromatic nitrogens is 3. The van der Waals surface area contributed by atoms with E-state index in [-0.39, 0.29) is 11.8 Å². The van der Waals surface area contributed by atoms with Gasteiger partial charge in [-0.25, -0.2) is 9.97 Å². The number of nitrogens with one attached hydrogen (secondary N) is 3. The van der Waals surface area contributed by atoms with Crippen molar-refractivity contribution >= 4 is 22.7 Å². The van der Waals surface area contributed by atoms with E-state index in [1.54, 1.807) is 6.92 Å². The predicted molar refractivity (Wildman–Crippen MR) is 124 cm³/mol. The molecule has 0 aliphatic rings. The summed E-state index contributed by atoms with van der Waals surface area (Å²) in [5.41, 5.74) is 7.40. The maximum absolute atomic E-state index is 12.5. The van der Waals surface area contributed by atoms with E-state index < -0.39 is 0 Å². The van der Waals surface area contributed by atoms with Crippen LogP contribution in [-0.2, 0) is 17.9 Å². The van der Waals surface area contributed by atoms with Crippen molar-refractivity contribution in [1.29, 1.82) is 0 Å². The molecule has 32 heavy (non-hydrogen) atoms. The van der Waals surface area contributed by atoms with Gasteiger partial charge in [-0.3, -0.25) is 9.59 Å². The number of fused-ring (bicyclic) bond motifs is 1. The molecule has 3 N–H and O–H groups in total. The minimum Gasteiger partial charge on any atom is -0.354 e. The van der Waals surface area contributed by atoms with E-state index >= 15 is 0 Å². The Morgan fingerprint density at radius 1 is 1.03 bits per heavy atom. The lowest BCUT2D eigenvalue weighted by Crippen LogP contribution is -2.24. The Morgan fingerprint density at radius 3 is 2.62 bits per heavy atom. The zero-order valence-electron chi connectivity index (χ0n) is 18.3.